The van der Waals surface area contributed by atoms with Crippen LogP contribution >= 0.6 is 0 Å². The number of aromatic hydroxyl groups is 1. The summed E-state index contributed by atoms with van der Waals surface area (Å²) < 4.78 is 5.64. The van der Waals surface area contributed by atoms with Crippen molar-refractivity contribution in [2.24, 2.45) is 0 Å². The van der Waals surface area contributed by atoms with Crippen molar-refractivity contribution in [2.75, 3.05) is 6.61 Å². The zero-order valence-electron chi connectivity index (χ0n) is 10.6. The van der Waals surface area contributed by atoms with Gasteiger partial charge in [-0.05, 0) is 50.8 Å². The first-order valence-corrected chi connectivity index (χ1v) is 5.59. The monoisotopic (exact) mass is 220 g/mol. The highest BCUT2D eigenvalue weighted by Crippen LogP contribution is 2.37. The third kappa shape index (κ3) is 2.06. The van der Waals surface area contributed by atoms with Gasteiger partial charge in [0.05, 0.1) is 6.61 Å². The number of hydrogen-bond donors (Lipinski definition) is 1. The van der Waals surface area contributed by atoms with Crippen LogP contribution in [0.5, 0.6) is 11.5 Å². The molecule has 2 heteroatoms. The molecule has 0 aliphatic carbocycles. The minimum atomic E-state index is 0.373. The molecular formula is C14H20O2. The van der Waals surface area contributed by atoms with Gasteiger partial charge in [-0.3, -0.25) is 0 Å². The molecule has 1 aromatic rings. The summed E-state index contributed by atoms with van der Waals surface area (Å²) in [5.41, 5.74) is 3.85. The van der Waals surface area contributed by atoms with Crippen molar-refractivity contribution in [1.29, 1.82) is 0 Å². The van der Waals surface area contributed by atoms with E-state index in [0.29, 0.717) is 18.8 Å². The summed E-state index contributed by atoms with van der Waals surface area (Å²) in [4.78, 5) is 0. The summed E-state index contributed by atoms with van der Waals surface area (Å²) in [6.45, 7) is 12.2. The van der Waals surface area contributed by atoms with E-state index in [-0.39, 0.29) is 0 Å². The van der Waals surface area contributed by atoms with Gasteiger partial charge in [0.2, 0.25) is 0 Å². The first-order chi connectivity index (χ1) is 7.54. The van der Waals surface area contributed by atoms with Crippen LogP contribution in [0.15, 0.2) is 12.7 Å². The van der Waals surface area contributed by atoms with Crippen molar-refractivity contribution >= 4 is 0 Å². The Morgan fingerprint density at radius 2 is 1.81 bits per heavy atom. The Bertz CT molecular complexity index is 406. The van der Waals surface area contributed by atoms with Gasteiger partial charge >= 0.3 is 0 Å². The molecule has 0 heterocycles. The van der Waals surface area contributed by atoms with E-state index >= 15 is 0 Å². The zero-order chi connectivity index (χ0) is 12.3. The van der Waals surface area contributed by atoms with Gasteiger partial charge in [0.25, 0.3) is 0 Å². The Balaban J connectivity index is 3.45. The van der Waals surface area contributed by atoms with Crippen molar-refractivity contribution in [3.63, 3.8) is 0 Å². The van der Waals surface area contributed by atoms with Gasteiger partial charge in [-0.25, -0.2) is 0 Å². The molecule has 0 unspecified atom stereocenters. The fourth-order valence-electron chi connectivity index (χ4n) is 1.93. The topological polar surface area (TPSA) is 29.5 Å². The fraction of sp³-hybridized carbons (Fsp3) is 0.429. The Labute approximate surface area is 97.6 Å². The Hall–Kier alpha value is -1.44. The summed E-state index contributed by atoms with van der Waals surface area (Å²) in [7, 11) is 0. The maximum absolute atomic E-state index is 10.1. The van der Waals surface area contributed by atoms with Gasteiger partial charge in [-0.1, -0.05) is 6.08 Å². The number of benzene rings is 1. The molecule has 0 bridgehead atoms. The molecule has 0 fully saturated rings. The number of phenols is 1. The highest BCUT2D eigenvalue weighted by Gasteiger charge is 2.16. The lowest BCUT2D eigenvalue weighted by atomic mass is 9.95. The molecule has 0 radical (unpaired) electrons. The molecule has 0 amide bonds. The summed E-state index contributed by atoms with van der Waals surface area (Å²) in [6.07, 6.45) is 2.46. The Morgan fingerprint density at radius 3 is 2.31 bits per heavy atom. The van der Waals surface area contributed by atoms with Crippen LogP contribution in [-0.4, -0.2) is 11.7 Å². The van der Waals surface area contributed by atoms with Crippen LogP contribution in [0.2, 0.25) is 0 Å². The summed E-state index contributed by atoms with van der Waals surface area (Å²) in [5, 5.41) is 10.1. The molecule has 0 saturated carbocycles. The Kier molecular flexibility index (Phi) is 3.99. The summed E-state index contributed by atoms with van der Waals surface area (Å²) >= 11 is 0. The van der Waals surface area contributed by atoms with Gasteiger partial charge in [0.1, 0.15) is 11.5 Å². The molecule has 88 valence electrons. The molecular weight excluding hydrogens is 200 g/mol. The predicted octanol–water partition coefficient (Wildman–Crippen LogP) is 3.44. The Morgan fingerprint density at radius 1 is 1.19 bits per heavy atom. The molecule has 0 aromatic heterocycles. The first kappa shape index (κ1) is 12.6. The van der Waals surface area contributed by atoms with Gasteiger partial charge in [-0.15, -0.1) is 6.58 Å². The van der Waals surface area contributed by atoms with Crippen LogP contribution in [0.1, 0.15) is 29.2 Å². The highest BCUT2D eigenvalue weighted by molar-refractivity contribution is 5.57. The molecule has 0 aliphatic heterocycles. The lowest BCUT2D eigenvalue weighted by Gasteiger charge is -2.18. The minimum Gasteiger partial charge on any atom is -0.507 e. The van der Waals surface area contributed by atoms with E-state index in [1.54, 1.807) is 6.08 Å². The molecule has 0 aliphatic rings. The van der Waals surface area contributed by atoms with Crippen molar-refractivity contribution in [3.8, 4) is 11.5 Å². The SMILES string of the molecule is C=CCc1c(C)c(OCC)c(C)c(C)c1O. The van der Waals surface area contributed by atoms with E-state index < -0.39 is 0 Å². The third-order valence-corrected chi connectivity index (χ3v) is 2.97. The summed E-state index contributed by atoms with van der Waals surface area (Å²) in [6, 6.07) is 0. The van der Waals surface area contributed by atoms with Crippen molar-refractivity contribution in [1.82, 2.24) is 0 Å². The van der Waals surface area contributed by atoms with Gasteiger partial charge in [0.15, 0.2) is 0 Å². The summed E-state index contributed by atoms with van der Waals surface area (Å²) in [5.74, 6) is 1.27. The van der Waals surface area contributed by atoms with Crippen LogP contribution in [0.3, 0.4) is 0 Å². The molecule has 2 nitrogen and oxygen atoms in total. The first-order valence-electron chi connectivity index (χ1n) is 5.59. The standard InChI is InChI=1S/C14H20O2/c1-6-8-12-11(5)14(16-7-2)10(4)9(3)13(12)15/h6,15H,1,7-8H2,2-5H3. The molecule has 1 aromatic carbocycles. The van der Waals surface area contributed by atoms with Crippen LogP contribution < -0.4 is 4.74 Å². The van der Waals surface area contributed by atoms with E-state index in [1.165, 1.54) is 0 Å². The van der Waals surface area contributed by atoms with Crippen LogP contribution in [0.4, 0.5) is 0 Å². The van der Waals surface area contributed by atoms with Crippen molar-refractivity contribution in [2.45, 2.75) is 34.1 Å². The van der Waals surface area contributed by atoms with E-state index in [2.05, 4.69) is 6.58 Å². The second-order valence-corrected chi connectivity index (χ2v) is 3.96. The number of phenolic OH excluding ortho intramolecular Hbond substituents is 1. The zero-order valence-corrected chi connectivity index (χ0v) is 10.6. The van der Waals surface area contributed by atoms with Crippen molar-refractivity contribution in [3.05, 3.63) is 34.9 Å². The van der Waals surface area contributed by atoms with Gasteiger partial charge in [0, 0.05) is 5.56 Å². The van der Waals surface area contributed by atoms with Crippen LogP contribution in [-0.2, 0) is 6.42 Å². The van der Waals surface area contributed by atoms with E-state index in [1.807, 2.05) is 27.7 Å². The molecule has 1 rings (SSSR count). The fourth-order valence-corrected chi connectivity index (χ4v) is 1.93. The van der Waals surface area contributed by atoms with Gasteiger partial charge in [-0.2, -0.15) is 0 Å². The number of hydrogen-bond acceptors (Lipinski definition) is 2. The largest absolute Gasteiger partial charge is 0.507 e. The molecule has 0 spiro atoms. The maximum Gasteiger partial charge on any atom is 0.125 e. The lowest BCUT2D eigenvalue weighted by molar-refractivity contribution is 0.333. The van der Waals surface area contributed by atoms with Crippen molar-refractivity contribution < 1.29 is 9.84 Å². The quantitative estimate of drug-likeness (QED) is 0.787. The lowest BCUT2D eigenvalue weighted by Crippen LogP contribution is -2.02. The molecule has 16 heavy (non-hydrogen) atoms. The van der Waals surface area contributed by atoms with Crippen LogP contribution in [0.25, 0.3) is 0 Å². The molecule has 1 N–H and O–H groups in total. The average molecular weight is 220 g/mol. The van der Waals surface area contributed by atoms with Gasteiger partial charge < -0.3 is 9.84 Å². The number of ether oxygens (including phenoxy) is 1. The van der Waals surface area contributed by atoms with Crippen LogP contribution in [0, 0.1) is 20.8 Å². The number of allylic oxidation sites excluding steroid dienone is 1. The molecule has 0 saturated heterocycles. The maximum atomic E-state index is 10.1. The number of rotatable bonds is 4. The third-order valence-electron chi connectivity index (χ3n) is 2.97. The minimum absolute atomic E-state index is 0.373. The predicted molar refractivity (Wildman–Crippen MR) is 67.4 cm³/mol. The second-order valence-electron chi connectivity index (χ2n) is 3.96. The average Bonchev–Trinajstić information content (AvgIpc) is 2.28. The second kappa shape index (κ2) is 5.06. The normalized spacial score (nSPS) is 10.2. The van der Waals surface area contributed by atoms with E-state index in [4.69, 9.17) is 4.74 Å². The smallest absolute Gasteiger partial charge is 0.125 e. The van der Waals surface area contributed by atoms with E-state index in [0.717, 1.165) is 28.0 Å². The molecule has 0 atom stereocenters. The highest BCUT2D eigenvalue weighted by atomic mass is 16.5. The van der Waals surface area contributed by atoms with E-state index in [9.17, 15) is 5.11 Å².